The summed E-state index contributed by atoms with van der Waals surface area (Å²) in [5.41, 5.74) is 0.938. The summed E-state index contributed by atoms with van der Waals surface area (Å²) >= 11 is 0. The number of amides is 3. The predicted molar refractivity (Wildman–Crippen MR) is 106 cm³/mol. The summed E-state index contributed by atoms with van der Waals surface area (Å²) in [7, 11) is 0. The first-order valence-electron chi connectivity index (χ1n) is 9.50. The number of nitrogens with zero attached hydrogens (tertiary/aromatic N) is 2. The van der Waals surface area contributed by atoms with Gasteiger partial charge in [-0.05, 0) is 22.4 Å². The van der Waals surface area contributed by atoms with Gasteiger partial charge in [-0.1, -0.05) is 43.3 Å². The molecule has 0 spiro atoms. The van der Waals surface area contributed by atoms with Crippen LogP contribution < -0.4 is 5.32 Å². The van der Waals surface area contributed by atoms with Gasteiger partial charge in [-0.25, -0.2) is 4.79 Å². The highest BCUT2D eigenvalue weighted by molar-refractivity contribution is 5.85. The lowest BCUT2D eigenvalue weighted by atomic mass is 10.1. The summed E-state index contributed by atoms with van der Waals surface area (Å²) in [5, 5.41) is 4.84. The van der Waals surface area contributed by atoms with Crippen LogP contribution in [0.3, 0.4) is 0 Å². The second-order valence-electron chi connectivity index (χ2n) is 6.73. The number of nitrogens with one attached hydrogen (secondary N) is 1. The number of hydrogen-bond donors (Lipinski definition) is 1. The van der Waals surface area contributed by atoms with Crippen molar-refractivity contribution in [3.8, 4) is 0 Å². The zero-order valence-electron chi connectivity index (χ0n) is 16.0. The highest BCUT2D eigenvalue weighted by atomic mass is 16.6. The molecule has 3 amide bonds. The zero-order chi connectivity index (χ0) is 19.9. The zero-order valence-corrected chi connectivity index (χ0v) is 16.0. The molecular formula is C21H25N3O4. The second-order valence-corrected chi connectivity index (χ2v) is 6.73. The van der Waals surface area contributed by atoms with Crippen molar-refractivity contribution in [2.24, 2.45) is 0 Å². The van der Waals surface area contributed by atoms with Gasteiger partial charge in [0.15, 0.2) is 0 Å². The van der Waals surface area contributed by atoms with E-state index in [1.165, 1.54) is 0 Å². The molecule has 0 unspecified atom stereocenters. The summed E-state index contributed by atoms with van der Waals surface area (Å²) in [6.45, 7) is 3.67. The van der Waals surface area contributed by atoms with Crippen LogP contribution in [-0.2, 0) is 20.9 Å². The molecule has 1 heterocycles. The Hall–Kier alpha value is -3.09. The number of piperazine rings is 1. The maximum atomic E-state index is 12.3. The average molecular weight is 383 g/mol. The van der Waals surface area contributed by atoms with E-state index < -0.39 is 0 Å². The van der Waals surface area contributed by atoms with E-state index in [2.05, 4.69) is 5.32 Å². The summed E-state index contributed by atoms with van der Waals surface area (Å²) in [6.07, 6.45) is -0.0241. The molecule has 0 aromatic heterocycles. The molecule has 1 aliphatic heterocycles. The molecule has 2 aromatic rings. The van der Waals surface area contributed by atoms with Gasteiger partial charge in [0.2, 0.25) is 11.8 Å². The normalized spacial score (nSPS) is 14.0. The molecule has 148 valence electrons. The van der Waals surface area contributed by atoms with Gasteiger partial charge in [-0.15, -0.1) is 0 Å². The van der Waals surface area contributed by atoms with Crippen LogP contribution in [0.25, 0.3) is 10.8 Å². The molecule has 0 saturated carbocycles. The molecule has 2 aromatic carbocycles. The Bertz CT molecular complexity index is 860. The van der Waals surface area contributed by atoms with Crippen molar-refractivity contribution in [1.29, 1.82) is 0 Å². The fraction of sp³-hybridized carbons (Fsp3) is 0.381. The fourth-order valence-electron chi connectivity index (χ4n) is 3.11. The van der Waals surface area contributed by atoms with E-state index >= 15 is 0 Å². The molecule has 0 bridgehead atoms. The van der Waals surface area contributed by atoms with Crippen LogP contribution in [0.4, 0.5) is 4.79 Å². The van der Waals surface area contributed by atoms with Gasteiger partial charge in [-0.2, -0.15) is 0 Å². The lowest BCUT2D eigenvalue weighted by molar-refractivity contribution is -0.134. The van der Waals surface area contributed by atoms with Crippen molar-refractivity contribution in [3.63, 3.8) is 0 Å². The molecule has 3 rings (SSSR count). The van der Waals surface area contributed by atoms with Crippen LogP contribution in [0.1, 0.15) is 18.9 Å². The SMILES string of the molecule is CCC(=O)NCC(=O)N1CCN(C(=O)OCc2ccc3ccccc3c2)CC1. The van der Waals surface area contributed by atoms with Crippen molar-refractivity contribution in [2.45, 2.75) is 20.0 Å². The minimum Gasteiger partial charge on any atom is -0.445 e. The lowest BCUT2D eigenvalue weighted by Crippen LogP contribution is -2.52. The van der Waals surface area contributed by atoms with Gasteiger partial charge >= 0.3 is 6.09 Å². The third-order valence-electron chi connectivity index (χ3n) is 4.82. The third-order valence-corrected chi connectivity index (χ3v) is 4.82. The first kappa shape index (κ1) is 19.7. The summed E-state index contributed by atoms with van der Waals surface area (Å²) in [4.78, 5) is 38.9. The van der Waals surface area contributed by atoms with E-state index in [-0.39, 0.29) is 31.1 Å². The van der Waals surface area contributed by atoms with Gasteiger partial charge in [0.05, 0.1) is 6.54 Å². The number of benzene rings is 2. The van der Waals surface area contributed by atoms with E-state index in [0.717, 1.165) is 16.3 Å². The molecule has 1 saturated heterocycles. The Morgan fingerprint density at radius 3 is 2.36 bits per heavy atom. The van der Waals surface area contributed by atoms with E-state index in [0.29, 0.717) is 32.6 Å². The minimum atomic E-state index is -0.375. The van der Waals surface area contributed by atoms with Gasteiger partial charge < -0.3 is 19.9 Å². The van der Waals surface area contributed by atoms with Gasteiger partial charge in [0, 0.05) is 32.6 Å². The fourth-order valence-corrected chi connectivity index (χ4v) is 3.11. The van der Waals surface area contributed by atoms with Crippen molar-refractivity contribution in [3.05, 3.63) is 48.0 Å². The Morgan fingerprint density at radius 1 is 0.964 bits per heavy atom. The quantitative estimate of drug-likeness (QED) is 0.858. The van der Waals surface area contributed by atoms with E-state index in [1.807, 2.05) is 42.5 Å². The average Bonchev–Trinajstić information content (AvgIpc) is 2.75. The molecule has 0 radical (unpaired) electrons. The Morgan fingerprint density at radius 2 is 1.64 bits per heavy atom. The lowest BCUT2D eigenvalue weighted by Gasteiger charge is -2.34. The molecule has 7 nitrogen and oxygen atoms in total. The number of hydrogen-bond acceptors (Lipinski definition) is 4. The maximum Gasteiger partial charge on any atom is 0.410 e. The highest BCUT2D eigenvalue weighted by Crippen LogP contribution is 2.16. The smallest absolute Gasteiger partial charge is 0.410 e. The number of carbonyl (C=O) groups is 3. The standard InChI is InChI=1S/C21H25N3O4/c1-2-19(25)22-14-20(26)23-9-11-24(12-10-23)21(27)28-15-16-7-8-17-5-3-4-6-18(17)13-16/h3-8,13H,2,9-12,14-15H2,1H3,(H,22,25). The van der Waals surface area contributed by atoms with E-state index in [9.17, 15) is 14.4 Å². The Kier molecular flexibility index (Phi) is 6.47. The van der Waals surface area contributed by atoms with Crippen molar-refractivity contribution in [1.82, 2.24) is 15.1 Å². The van der Waals surface area contributed by atoms with E-state index in [4.69, 9.17) is 4.74 Å². The highest BCUT2D eigenvalue weighted by Gasteiger charge is 2.25. The van der Waals surface area contributed by atoms with Crippen LogP contribution >= 0.6 is 0 Å². The Balaban J connectivity index is 1.44. The maximum absolute atomic E-state index is 12.3. The van der Waals surface area contributed by atoms with Crippen molar-refractivity contribution < 1.29 is 19.1 Å². The predicted octanol–water partition coefficient (Wildman–Crippen LogP) is 2.15. The molecule has 0 aliphatic carbocycles. The molecular weight excluding hydrogens is 358 g/mol. The molecule has 0 atom stereocenters. The second kappa shape index (κ2) is 9.21. The molecule has 1 N–H and O–H groups in total. The monoisotopic (exact) mass is 383 g/mol. The van der Waals surface area contributed by atoms with E-state index in [1.54, 1.807) is 16.7 Å². The van der Waals surface area contributed by atoms with Gasteiger partial charge in [0.25, 0.3) is 0 Å². The first-order chi connectivity index (χ1) is 13.6. The van der Waals surface area contributed by atoms with Crippen LogP contribution in [0.5, 0.6) is 0 Å². The van der Waals surface area contributed by atoms with Crippen LogP contribution in [-0.4, -0.2) is 60.4 Å². The molecule has 1 fully saturated rings. The number of rotatable bonds is 5. The number of fused-ring (bicyclic) bond motifs is 1. The Labute approximate surface area is 164 Å². The minimum absolute atomic E-state index is 0.000909. The van der Waals surface area contributed by atoms with Crippen LogP contribution in [0.2, 0.25) is 0 Å². The number of carbonyl (C=O) groups excluding carboxylic acids is 3. The van der Waals surface area contributed by atoms with Gasteiger partial charge in [0.1, 0.15) is 6.61 Å². The van der Waals surface area contributed by atoms with Crippen LogP contribution in [0, 0.1) is 0 Å². The summed E-state index contributed by atoms with van der Waals surface area (Å²) < 4.78 is 5.43. The topological polar surface area (TPSA) is 79.0 Å². The largest absolute Gasteiger partial charge is 0.445 e. The van der Waals surface area contributed by atoms with Crippen LogP contribution in [0.15, 0.2) is 42.5 Å². The molecule has 28 heavy (non-hydrogen) atoms. The van der Waals surface area contributed by atoms with Crippen molar-refractivity contribution >= 4 is 28.7 Å². The number of ether oxygens (including phenoxy) is 1. The first-order valence-corrected chi connectivity index (χ1v) is 9.50. The summed E-state index contributed by atoms with van der Waals surface area (Å²) in [5.74, 6) is -0.282. The molecule has 1 aliphatic rings. The van der Waals surface area contributed by atoms with Gasteiger partial charge in [-0.3, -0.25) is 9.59 Å². The summed E-state index contributed by atoms with van der Waals surface area (Å²) in [6, 6.07) is 14.0. The molecule has 7 heteroatoms. The van der Waals surface area contributed by atoms with Crippen molar-refractivity contribution in [2.75, 3.05) is 32.7 Å². The third kappa shape index (κ3) is 5.00.